The average Bonchev–Trinajstić information content (AvgIpc) is 2.35. The van der Waals surface area contributed by atoms with E-state index >= 15 is 0 Å². The zero-order valence-electron chi connectivity index (χ0n) is 12.1. The van der Waals surface area contributed by atoms with Gasteiger partial charge in [0.1, 0.15) is 5.50 Å². The van der Waals surface area contributed by atoms with E-state index in [4.69, 9.17) is 0 Å². The predicted octanol–water partition coefficient (Wildman–Crippen LogP) is 3.65. The molecule has 108 valence electrons. The van der Waals surface area contributed by atoms with Crippen LogP contribution in [0.25, 0.3) is 0 Å². The van der Waals surface area contributed by atoms with Gasteiger partial charge in [0.2, 0.25) is 0 Å². The molecule has 0 aliphatic carbocycles. The Hall–Kier alpha value is -1.53. The molecule has 0 aromatic heterocycles. The minimum Gasteiger partial charge on any atom is -0.361 e. The van der Waals surface area contributed by atoms with E-state index in [-0.39, 0.29) is 21.6 Å². The third-order valence-corrected chi connectivity index (χ3v) is 4.63. The average molecular weight is 293 g/mol. The maximum atomic E-state index is 10.6. The van der Waals surface area contributed by atoms with Gasteiger partial charge in [-0.2, -0.15) is 0 Å². The molecule has 1 aliphatic heterocycles. The summed E-state index contributed by atoms with van der Waals surface area (Å²) in [5.74, 6) is 0. The van der Waals surface area contributed by atoms with Gasteiger partial charge >= 0.3 is 0 Å². The van der Waals surface area contributed by atoms with Gasteiger partial charge in [0.25, 0.3) is 5.69 Å². The third kappa shape index (κ3) is 3.13. The van der Waals surface area contributed by atoms with Crippen molar-refractivity contribution in [1.29, 1.82) is 0 Å². The number of anilines is 1. The summed E-state index contributed by atoms with van der Waals surface area (Å²) >= 11 is 1.74. The van der Waals surface area contributed by atoms with Gasteiger partial charge in [0.05, 0.1) is 4.92 Å². The highest BCUT2D eigenvalue weighted by Gasteiger charge is 2.32. The number of nitrogens with one attached hydrogen (secondary N) is 1. The lowest BCUT2D eigenvalue weighted by Gasteiger charge is -2.43. The van der Waals surface area contributed by atoms with Crippen LogP contribution >= 0.6 is 11.8 Å². The fourth-order valence-electron chi connectivity index (χ4n) is 2.14. The summed E-state index contributed by atoms with van der Waals surface area (Å²) in [4.78, 5) is 13.8. The Balaban J connectivity index is 2.14. The van der Waals surface area contributed by atoms with Crippen molar-refractivity contribution in [2.75, 3.05) is 12.4 Å². The molecule has 1 aromatic rings. The van der Waals surface area contributed by atoms with Crippen LogP contribution in [-0.4, -0.2) is 27.9 Å². The van der Waals surface area contributed by atoms with Gasteiger partial charge in [-0.25, -0.2) is 0 Å². The number of hydrogen-bond donors (Lipinski definition) is 1. The normalized spacial score (nSPS) is 22.2. The second-order valence-corrected chi connectivity index (χ2v) is 6.76. The highest BCUT2D eigenvalue weighted by atomic mass is 32.2. The molecule has 1 atom stereocenters. The smallest absolute Gasteiger partial charge is 0.269 e. The van der Waals surface area contributed by atoms with E-state index < -0.39 is 0 Å². The van der Waals surface area contributed by atoms with E-state index in [2.05, 4.69) is 44.1 Å². The van der Waals surface area contributed by atoms with Crippen LogP contribution in [0.4, 0.5) is 11.4 Å². The second-order valence-electron chi connectivity index (χ2n) is 5.44. The van der Waals surface area contributed by atoms with Gasteiger partial charge in [-0.3, -0.25) is 15.0 Å². The molecule has 1 heterocycles. The molecule has 0 fully saturated rings. The highest BCUT2D eigenvalue weighted by molar-refractivity contribution is 8.03. The lowest BCUT2D eigenvalue weighted by molar-refractivity contribution is -0.384. The number of nitro benzene ring substituents is 1. The van der Waals surface area contributed by atoms with Crippen LogP contribution in [0.15, 0.2) is 35.2 Å². The van der Waals surface area contributed by atoms with Crippen LogP contribution in [0.5, 0.6) is 0 Å². The Morgan fingerprint density at radius 1 is 1.35 bits per heavy atom. The van der Waals surface area contributed by atoms with Crippen LogP contribution in [0.1, 0.15) is 20.8 Å². The van der Waals surface area contributed by atoms with E-state index in [1.165, 1.54) is 17.0 Å². The lowest BCUT2D eigenvalue weighted by atomic mass is 10.0. The number of benzene rings is 1. The molecule has 6 heteroatoms. The Morgan fingerprint density at radius 3 is 2.50 bits per heavy atom. The lowest BCUT2D eigenvalue weighted by Crippen LogP contribution is -2.50. The topological polar surface area (TPSA) is 58.4 Å². The molecule has 0 spiro atoms. The number of nitrogens with zero attached hydrogens (tertiary/aromatic N) is 2. The summed E-state index contributed by atoms with van der Waals surface area (Å²) in [6.07, 6.45) is 2.24. The summed E-state index contributed by atoms with van der Waals surface area (Å²) in [5.41, 5.74) is 1.08. The molecule has 20 heavy (non-hydrogen) atoms. The summed E-state index contributed by atoms with van der Waals surface area (Å²) in [7, 11) is 2.07. The number of hydrogen-bond acceptors (Lipinski definition) is 5. The van der Waals surface area contributed by atoms with Crippen LogP contribution in [0.2, 0.25) is 0 Å². The first-order chi connectivity index (χ1) is 9.29. The van der Waals surface area contributed by atoms with Crippen LogP contribution in [0, 0.1) is 10.1 Å². The van der Waals surface area contributed by atoms with Gasteiger partial charge in [-0.1, -0.05) is 17.8 Å². The van der Waals surface area contributed by atoms with Gasteiger partial charge < -0.3 is 5.32 Å². The standard InChI is InChI=1S/C14H19N3O2S/c1-10-9-14(2,3)16(4)13(20-10)15-11-5-7-12(8-6-11)17(18)19/h5-9,13,15H,1-4H3. The molecule has 1 aliphatic rings. The fourth-order valence-corrected chi connectivity index (χ4v) is 3.47. The molecule has 0 saturated heterocycles. The maximum absolute atomic E-state index is 10.6. The molecule has 1 aromatic carbocycles. The van der Waals surface area contributed by atoms with Gasteiger partial charge in [0, 0.05) is 23.4 Å². The zero-order valence-corrected chi connectivity index (χ0v) is 12.9. The van der Waals surface area contributed by atoms with E-state index in [0.717, 1.165) is 5.69 Å². The van der Waals surface area contributed by atoms with Crippen molar-refractivity contribution in [2.24, 2.45) is 0 Å². The van der Waals surface area contributed by atoms with Crippen molar-refractivity contribution in [3.05, 3.63) is 45.4 Å². The quantitative estimate of drug-likeness (QED) is 0.681. The fraction of sp³-hybridized carbons (Fsp3) is 0.429. The molecule has 0 bridgehead atoms. The molecule has 1 unspecified atom stereocenters. The number of allylic oxidation sites excluding steroid dienone is 1. The number of likely N-dealkylation sites (N-methyl/N-ethyl adjacent to an activating group) is 1. The third-order valence-electron chi connectivity index (χ3n) is 3.48. The summed E-state index contributed by atoms with van der Waals surface area (Å²) < 4.78 is 0. The molecule has 5 nitrogen and oxygen atoms in total. The SMILES string of the molecule is CC1=CC(C)(C)N(C)C(Nc2ccc([N+](=O)[O-])cc2)S1. The number of nitro groups is 1. The van der Waals surface area contributed by atoms with Gasteiger partial charge in [-0.05, 0) is 44.9 Å². The Morgan fingerprint density at radius 2 is 1.95 bits per heavy atom. The largest absolute Gasteiger partial charge is 0.361 e. The van der Waals surface area contributed by atoms with Crippen molar-refractivity contribution in [3.8, 4) is 0 Å². The van der Waals surface area contributed by atoms with E-state index in [9.17, 15) is 10.1 Å². The monoisotopic (exact) mass is 293 g/mol. The van der Waals surface area contributed by atoms with Gasteiger partial charge in [-0.15, -0.1) is 0 Å². The predicted molar refractivity (Wildman–Crippen MR) is 83.7 cm³/mol. The van der Waals surface area contributed by atoms with Crippen LogP contribution < -0.4 is 5.32 Å². The molecule has 1 N–H and O–H groups in total. The maximum Gasteiger partial charge on any atom is 0.269 e. The number of non-ortho nitro benzene ring substituents is 1. The van der Waals surface area contributed by atoms with Crippen LogP contribution in [-0.2, 0) is 0 Å². The minimum absolute atomic E-state index is 0.0201. The first-order valence-electron chi connectivity index (χ1n) is 6.39. The highest BCUT2D eigenvalue weighted by Crippen LogP contribution is 2.36. The second kappa shape index (κ2) is 5.46. The summed E-state index contributed by atoms with van der Waals surface area (Å²) in [5, 5.41) is 14.1. The Bertz CT molecular complexity index is 540. The molecular formula is C14H19N3O2S. The van der Waals surface area contributed by atoms with Crippen molar-refractivity contribution in [2.45, 2.75) is 31.8 Å². The summed E-state index contributed by atoms with van der Waals surface area (Å²) in [6, 6.07) is 6.52. The van der Waals surface area contributed by atoms with E-state index in [1.54, 1.807) is 23.9 Å². The first kappa shape index (κ1) is 14.9. The summed E-state index contributed by atoms with van der Waals surface area (Å²) in [6.45, 7) is 6.44. The Kier molecular flexibility index (Phi) is 4.06. The van der Waals surface area contributed by atoms with Crippen molar-refractivity contribution in [1.82, 2.24) is 4.90 Å². The number of thioether (sulfide) groups is 1. The molecule has 0 saturated carbocycles. The first-order valence-corrected chi connectivity index (χ1v) is 7.27. The van der Waals surface area contributed by atoms with Crippen molar-refractivity contribution >= 4 is 23.1 Å². The van der Waals surface area contributed by atoms with Crippen molar-refractivity contribution < 1.29 is 4.92 Å². The molecule has 0 amide bonds. The van der Waals surface area contributed by atoms with Crippen LogP contribution in [0.3, 0.4) is 0 Å². The molecule has 0 radical (unpaired) electrons. The van der Waals surface area contributed by atoms with Gasteiger partial charge in [0.15, 0.2) is 0 Å². The minimum atomic E-state index is -0.388. The van der Waals surface area contributed by atoms with E-state index in [1.807, 2.05) is 0 Å². The number of rotatable bonds is 3. The molecular weight excluding hydrogens is 274 g/mol. The zero-order chi connectivity index (χ0) is 14.9. The molecule has 2 rings (SSSR count). The van der Waals surface area contributed by atoms with E-state index in [0.29, 0.717) is 0 Å². The Labute approximate surface area is 123 Å². The van der Waals surface area contributed by atoms with Crippen molar-refractivity contribution in [3.63, 3.8) is 0 Å².